The van der Waals surface area contributed by atoms with Crippen molar-refractivity contribution in [1.82, 2.24) is 4.90 Å². The van der Waals surface area contributed by atoms with Gasteiger partial charge in [-0.1, -0.05) is 29.8 Å². The van der Waals surface area contributed by atoms with E-state index in [-0.39, 0.29) is 6.10 Å². The van der Waals surface area contributed by atoms with Crippen molar-refractivity contribution < 1.29 is 4.74 Å². The smallest absolute Gasteiger partial charge is 0.0952 e. The molecule has 0 spiro atoms. The van der Waals surface area contributed by atoms with Gasteiger partial charge >= 0.3 is 0 Å². The average molecular weight is 191 g/mol. The summed E-state index contributed by atoms with van der Waals surface area (Å²) < 4.78 is 5.75. The lowest BCUT2D eigenvalue weighted by molar-refractivity contribution is -0.0209. The second-order valence-electron chi connectivity index (χ2n) is 4.04. The highest BCUT2D eigenvalue weighted by molar-refractivity contribution is 5.24. The predicted octanol–water partition coefficient (Wildman–Crippen LogP) is 2.00. The van der Waals surface area contributed by atoms with Gasteiger partial charge in [0, 0.05) is 13.1 Å². The highest BCUT2D eigenvalue weighted by atomic mass is 16.5. The molecular weight excluding hydrogens is 174 g/mol. The molecular formula is C12H17NO. The second-order valence-corrected chi connectivity index (χ2v) is 4.04. The molecule has 2 heteroatoms. The summed E-state index contributed by atoms with van der Waals surface area (Å²) in [5.74, 6) is 0. The molecule has 1 aliphatic rings. The van der Waals surface area contributed by atoms with Crippen LogP contribution in [-0.4, -0.2) is 31.6 Å². The summed E-state index contributed by atoms with van der Waals surface area (Å²) in [4.78, 5) is 2.32. The molecule has 1 aromatic rings. The zero-order valence-corrected chi connectivity index (χ0v) is 8.86. The number of aryl methyl sites for hydroxylation is 1. The molecule has 0 N–H and O–H groups in total. The van der Waals surface area contributed by atoms with Crippen LogP contribution in [0.15, 0.2) is 24.3 Å². The van der Waals surface area contributed by atoms with Crippen molar-refractivity contribution in [3.8, 4) is 0 Å². The number of benzene rings is 1. The van der Waals surface area contributed by atoms with E-state index in [1.165, 1.54) is 11.1 Å². The molecule has 2 rings (SSSR count). The lowest BCUT2D eigenvalue weighted by atomic mass is 10.1. The van der Waals surface area contributed by atoms with Crippen LogP contribution in [-0.2, 0) is 4.74 Å². The van der Waals surface area contributed by atoms with Gasteiger partial charge in [0.25, 0.3) is 0 Å². The topological polar surface area (TPSA) is 12.5 Å². The third kappa shape index (κ3) is 2.14. The Morgan fingerprint density at radius 3 is 3.00 bits per heavy atom. The summed E-state index contributed by atoms with van der Waals surface area (Å²) in [6, 6.07) is 8.58. The molecule has 0 bridgehead atoms. The maximum Gasteiger partial charge on any atom is 0.0952 e. The molecule has 14 heavy (non-hydrogen) atoms. The van der Waals surface area contributed by atoms with Gasteiger partial charge in [0.15, 0.2) is 0 Å². The van der Waals surface area contributed by atoms with Gasteiger partial charge in [-0.15, -0.1) is 0 Å². The first-order chi connectivity index (χ1) is 6.75. The largest absolute Gasteiger partial charge is 0.371 e. The van der Waals surface area contributed by atoms with E-state index >= 15 is 0 Å². The van der Waals surface area contributed by atoms with Crippen molar-refractivity contribution in [2.45, 2.75) is 13.0 Å². The quantitative estimate of drug-likeness (QED) is 0.673. The molecule has 1 atom stereocenters. The van der Waals surface area contributed by atoms with Crippen LogP contribution in [0.3, 0.4) is 0 Å². The molecule has 1 heterocycles. The fourth-order valence-electron chi connectivity index (χ4n) is 1.85. The van der Waals surface area contributed by atoms with Crippen LogP contribution >= 0.6 is 0 Å². The fourth-order valence-corrected chi connectivity index (χ4v) is 1.85. The van der Waals surface area contributed by atoms with Crippen LogP contribution in [0.4, 0.5) is 0 Å². The minimum absolute atomic E-state index is 0.258. The van der Waals surface area contributed by atoms with Gasteiger partial charge in [0.05, 0.1) is 12.7 Å². The van der Waals surface area contributed by atoms with Crippen LogP contribution < -0.4 is 0 Å². The van der Waals surface area contributed by atoms with Crippen molar-refractivity contribution in [3.63, 3.8) is 0 Å². The van der Waals surface area contributed by atoms with Crippen LogP contribution in [0, 0.1) is 6.92 Å². The highest BCUT2D eigenvalue weighted by Crippen LogP contribution is 2.21. The maximum atomic E-state index is 5.75. The minimum Gasteiger partial charge on any atom is -0.371 e. The lowest BCUT2D eigenvalue weighted by Gasteiger charge is -2.30. The molecule has 0 amide bonds. The molecule has 1 aliphatic heterocycles. The van der Waals surface area contributed by atoms with E-state index in [9.17, 15) is 0 Å². The molecule has 1 fully saturated rings. The number of nitrogens with zero attached hydrogens (tertiary/aromatic N) is 1. The Bertz CT molecular complexity index is 311. The van der Waals surface area contributed by atoms with E-state index in [1.54, 1.807) is 0 Å². The molecule has 2 nitrogen and oxygen atoms in total. The maximum absolute atomic E-state index is 5.75. The van der Waals surface area contributed by atoms with Crippen LogP contribution in [0.25, 0.3) is 0 Å². The van der Waals surface area contributed by atoms with Gasteiger partial charge < -0.3 is 9.64 Å². The van der Waals surface area contributed by atoms with E-state index in [0.29, 0.717) is 0 Å². The summed E-state index contributed by atoms with van der Waals surface area (Å²) in [5.41, 5.74) is 2.61. The van der Waals surface area contributed by atoms with Crippen LogP contribution in [0.2, 0.25) is 0 Å². The monoisotopic (exact) mass is 191 g/mol. The van der Waals surface area contributed by atoms with Gasteiger partial charge in [0.2, 0.25) is 0 Å². The Kier molecular flexibility index (Phi) is 2.85. The van der Waals surface area contributed by atoms with Gasteiger partial charge in [-0.3, -0.25) is 0 Å². The molecule has 0 saturated carbocycles. The summed E-state index contributed by atoms with van der Waals surface area (Å²) in [6.45, 7) is 5.01. The number of ether oxygens (including phenoxy) is 1. The van der Waals surface area contributed by atoms with Gasteiger partial charge in [-0.25, -0.2) is 0 Å². The van der Waals surface area contributed by atoms with Crippen molar-refractivity contribution in [3.05, 3.63) is 35.4 Å². The minimum atomic E-state index is 0.258. The first-order valence-electron chi connectivity index (χ1n) is 5.12. The predicted molar refractivity (Wildman–Crippen MR) is 57.4 cm³/mol. The van der Waals surface area contributed by atoms with Crippen LogP contribution in [0.1, 0.15) is 17.2 Å². The normalized spacial score (nSPS) is 23.7. The number of hydrogen-bond donors (Lipinski definition) is 0. The Hall–Kier alpha value is -0.860. The third-order valence-corrected chi connectivity index (χ3v) is 2.68. The van der Waals surface area contributed by atoms with Crippen molar-refractivity contribution in [2.75, 3.05) is 26.7 Å². The molecule has 0 radical (unpaired) electrons. The first kappa shape index (κ1) is 9.69. The number of hydrogen-bond acceptors (Lipinski definition) is 2. The Morgan fingerprint density at radius 1 is 1.43 bits per heavy atom. The number of rotatable bonds is 1. The first-order valence-corrected chi connectivity index (χ1v) is 5.12. The lowest BCUT2D eigenvalue weighted by Crippen LogP contribution is -2.35. The number of morpholine rings is 1. The SMILES string of the molecule is Cc1cccc(C2CN(C)CCO2)c1. The Labute approximate surface area is 85.5 Å². The van der Waals surface area contributed by atoms with Crippen LogP contribution in [0.5, 0.6) is 0 Å². The Morgan fingerprint density at radius 2 is 2.29 bits per heavy atom. The van der Waals surface area contributed by atoms with E-state index in [2.05, 4.69) is 43.1 Å². The second kappa shape index (κ2) is 4.11. The molecule has 0 aromatic heterocycles. The molecule has 76 valence electrons. The van der Waals surface area contributed by atoms with E-state index < -0.39 is 0 Å². The average Bonchev–Trinajstić information content (AvgIpc) is 2.18. The standard InChI is InChI=1S/C12H17NO/c1-10-4-3-5-11(8-10)12-9-13(2)6-7-14-12/h3-5,8,12H,6-7,9H2,1-2H3. The molecule has 1 unspecified atom stereocenters. The van der Waals surface area contributed by atoms with Gasteiger partial charge in [0.1, 0.15) is 0 Å². The third-order valence-electron chi connectivity index (χ3n) is 2.68. The Balaban J connectivity index is 2.14. The van der Waals surface area contributed by atoms with E-state index in [0.717, 1.165) is 19.7 Å². The van der Waals surface area contributed by atoms with Crippen molar-refractivity contribution >= 4 is 0 Å². The van der Waals surface area contributed by atoms with Gasteiger partial charge in [-0.2, -0.15) is 0 Å². The summed E-state index contributed by atoms with van der Waals surface area (Å²) >= 11 is 0. The van der Waals surface area contributed by atoms with Crippen molar-refractivity contribution in [2.24, 2.45) is 0 Å². The van der Waals surface area contributed by atoms with Gasteiger partial charge in [-0.05, 0) is 19.5 Å². The zero-order chi connectivity index (χ0) is 9.97. The molecule has 1 saturated heterocycles. The number of likely N-dealkylation sites (N-methyl/N-ethyl adjacent to an activating group) is 1. The molecule has 1 aromatic carbocycles. The summed E-state index contributed by atoms with van der Waals surface area (Å²) in [7, 11) is 2.14. The summed E-state index contributed by atoms with van der Waals surface area (Å²) in [5, 5.41) is 0. The zero-order valence-electron chi connectivity index (χ0n) is 8.86. The van der Waals surface area contributed by atoms with E-state index in [1.807, 2.05) is 0 Å². The summed E-state index contributed by atoms with van der Waals surface area (Å²) in [6.07, 6.45) is 0.258. The fraction of sp³-hybridized carbons (Fsp3) is 0.500. The molecule has 0 aliphatic carbocycles. The van der Waals surface area contributed by atoms with Crippen molar-refractivity contribution in [1.29, 1.82) is 0 Å². The highest BCUT2D eigenvalue weighted by Gasteiger charge is 2.18. The van der Waals surface area contributed by atoms with E-state index in [4.69, 9.17) is 4.74 Å².